The normalized spacial score (nSPS) is 24.4. The fourth-order valence-corrected chi connectivity index (χ4v) is 2.31. The van der Waals surface area contributed by atoms with E-state index < -0.39 is 5.60 Å². The lowest BCUT2D eigenvalue weighted by atomic mass is 10.0. The van der Waals surface area contributed by atoms with E-state index >= 15 is 0 Å². The molecule has 106 valence electrons. The van der Waals surface area contributed by atoms with Gasteiger partial charge in [0.1, 0.15) is 11.4 Å². The molecule has 1 aliphatic rings. The summed E-state index contributed by atoms with van der Waals surface area (Å²) >= 11 is 0. The van der Waals surface area contributed by atoms with Crippen molar-refractivity contribution in [2.24, 2.45) is 0 Å². The maximum Gasteiger partial charge on any atom is 0.124 e. The van der Waals surface area contributed by atoms with E-state index in [1.165, 1.54) is 0 Å². The third-order valence-electron chi connectivity index (χ3n) is 3.51. The zero-order valence-electron chi connectivity index (χ0n) is 11.7. The van der Waals surface area contributed by atoms with E-state index in [-0.39, 0.29) is 6.04 Å². The zero-order chi connectivity index (χ0) is 13.7. The number of hydrogen-bond acceptors (Lipinski definition) is 4. The Labute approximate surface area is 114 Å². The van der Waals surface area contributed by atoms with Crippen molar-refractivity contribution in [3.63, 3.8) is 0 Å². The van der Waals surface area contributed by atoms with Crippen LogP contribution in [0.2, 0.25) is 0 Å². The molecule has 4 heteroatoms. The summed E-state index contributed by atoms with van der Waals surface area (Å²) in [7, 11) is 0. The van der Waals surface area contributed by atoms with Gasteiger partial charge in [-0.15, -0.1) is 0 Å². The molecule has 0 bridgehead atoms. The summed E-state index contributed by atoms with van der Waals surface area (Å²) in [6.07, 6.45) is 0.694. The molecule has 0 radical (unpaired) electrons. The number of hydrogen-bond donors (Lipinski definition) is 2. The maximum atomic E-state index is 10.2. The van der Waals surface area contributed by atoms with Gasteiger partial charge in [-0.05, 0) is 19.9 Å². The van der Waals surface area contributed by atoms with E-state index in [9.17, 15) is 5.11 Å². The Morgan fingerprint density at radius 3 is 2.95 bits per heavy atom. The fourth-order valence-electron chi connectivity index (χ4n) is 2.31. The predicted molar refractivity (Wildman–Crippen MR) is 74.4 cm³/mol. The molecule has 0 spiro atoms. The van der Waals surface area contributed by atoms with Crippen LogP contribution in [-0.4, -0.2) is 37.1 Å². The molecule has 1 saturated heterocycles. The summed E-state index contributed by atoms with van der Waals surface area (Å²) in [5.74, 6) is 0.902. The number of para-hydroxylation sites is 1. The molecule has 19 heavy (non-hydrogen) atoms. The van der Waals surface area contributed by atoms with Crippen molar-refractivity contribution in [1.82, 2.24) is 5.32 Å². The van der Waals surface area contributed by atoms with Crippen molar-refractivity contribution in [3.8, 4) is 5.75 Å². The largest absolute Gasteiger partial charge is 0.494 e. The minimum absolute atomic E-state index is 0.132. The molecular formula is C15H23NO3. The second-order valence-electron chi connectivity index (χ2n) is 5.10. The quantitative estimate of drug-likeness (QED) is 0.824. The Morgan fingerprint density at radius 1 is 1.47 bits per heavy atom. The first kappa shape index (κ1) is 14.3. The first-order chi connectivity index (χ1) is 9.14. The predicted octanol–water partition coefficient (Wildman–Crippen LogP) is 1.89. The van der Waals surface area contributed by atoms with Crippen LogP contribution in [0, 0.1) is 0 Å². The number of aliphatic hydroxyl groups is 1. The van der Waals surface area contributed by atoms with Crippen molar-refractivity contribution in [1.29, 1.82) is 0 Å². The number of nitrogens with one attached hydrogen (secondary N) is 1. The van der Waals surface area contributed by atoms with E-state index in [1.807, 2.05) is 25.1 Å². The van der Waals surface area contributed by atoms with Crippen LogP contribution >= 0.6 is 0 Å². The van der Waals surface area contributed by atoms with E-state index in [0.717, 1.165) is 11.3 Å². The van der Waals surface area contributed by atoms with Gasteiger partial charge in [-0.2, -0.15) is 0 Å². The number of rotatable bonds is 6. The maximum absolute atomic E-state index is 10.2. The van der Waals surface area contributed by atoms with Crippen molar-refractivity contribution in [2.45, 2.75) is 31.9 Å². The standard InChI is InChI=1S/C15H23NO3/c1-3-19-14-7-5-4-6-13(14)12(2)16-10-15(17)8-9-18-11-15/h4-7,12,16-17H,3,8-11H2,1-2H3. The molecule has 0 aliphatic carbocycles. The van der Waals surface area contributed by atoms with E-state index in [0.29, 0.717) is 32.8 Å². The highest BCUT2D eigenvalue weighted by Crippen LogP contribution is 2.26. The Kier molecular flexibility index (Phi) is 4.80. The van der Waals surface area contributed by atoms with Gasteiger partial charge in [-0.25, -0.2) is 0 Å². The summed E-state index contributed by atoms with van der Waals surface area (Å²) in [5, 5.41) is 13.6. The van der Waals surface area contributed by atoms with Gasteiger partial charge < -0.3 is 19.9 Å². The molecule has 2 rings (SSSR count). The minimum Gasteiger partial charge on any atom is -0.494 e. The monoisotopic (exact) mass is 265 g/mol. The van der Waals surface area contributed by atoms with Crippen LogP contribution < -0.4 is 10.1 Å². The lowest BCUT2D eigenvalue weighted by Gasteiger charge is -2.25. The first-order valence-corrected chi connectivity index (χ1v) is 6.90. The molecular weight excluding hydrogens is 242 g/mol. The molecule has 2 unspecified atom stereocenters. The summed E-state index contributed by atoms with van der Waals surface area (Å²) in [5.41, 5.74) is 0.390. The zero-order valence-corrected chi connectivity index (χ0v) is 11.7. The molecule has 1 aromatic rings. The Balaban J connectivity index is 1.97. The summed E-state index contributed by atoms with van der Waals surface area (Å²) in [6.45, 7) is 6.31. The van der Waals surface area contributed by atoms with Crippen LogP contribution in [-0.2, 0) is 4.74 Å². The Hall–Kier alpha value is -1.10. The van der Waals surface area contributed by atoms with Gasteiger partial charge in [0.05, 0.1) is 13.2 Å². The van der Waals surface area contributed by atoms with Gasteiger partial charge in [0.2, 0.25) is 0 Å². The average molecular weight is 265 g/mol. The topological polar surface area (TPSA) is 50.7 Å². The third kappa shape index (κ3) is 3.69. The van der Waals surface area contributed by atoms with Crippen LogP contribution in [0.25, 0.3) is 0 Å². The highest BCUT2D eigenvalue weighted by Gasteiger charge is 2.32. The average Bonchev–Trinajstić information content (AvgIpc) is 2.85. The lowest BCUT2D eigenvalue weighted by Crippen LogP contribution is -2.41. The molecule has 1 fully saturated rings. The van der Waals surface area contributed by atoms with Crippen LogP contribution in [0.1, 0.15) is 31.9 Å². The molecule has 2 N–H and O–H groups in total. The smallest absolute Gasteiger partial charge is 0.124 e. The van der Waals surface area contributed by atoms with Crippen LogP contribution in [0.3, 0.4) is 0 Å². The Bertz CT molecular complexity index is 402. The van der Waals surface area contributed by atoms with Crippen molar-refractivity contribution in [3.05, 3.63) is 29.8 Å². The number of ether oxygens (including phenoxy) is 2. The molecule has 1 aliphatic heterocycles. The molecule has 1 heterocycles. The Morgan fingerprint density at radius 2 is 2.26 bits per heavy atom. The van der Waals surface area contributed by atoms with Gasteiger partial charge >= 0.3 is 0 Å². The van der Waals surface area contributed by atoms with Crippen LogP contribution in [0.4, 0.5) is 0 Å². The summed E-state index contributed by atoms with van der Waals surface area (Å²) in [4.78, 5) is 0. The molecule has 0 aromatic heterocycles. The van der Waals surface area contributed by atoms with E-state index in [2.05, 4.69) is 18.3 Å². The van der Waals surface area contributed by atoms with Crippen molar-refractivity contribution in [2.75, 3.05) is 26.4 Å². The highest BCUT2D eigenvalue weighted by molar-refractivity contribution is 5.35. The molecule has 2 atom stereocenters. The van der Waals surface area contributed by atoms with E-state index in [1.54, 1.807) is 0 Å². The molecule has 0 saturated carbocycles. The molecule has 4 nitrogen and oxygen atoms in total. The highest BCUT2D eigenvalue weighted by atomic mass is 16.5. The molecule has 0 amide bonds. The first-order valence-electron chi connectivity index (χ1n) is 6.90. The van der Waals surface area contributed by atoms with Gasteiger partial charge in [0.25, 0.3) is 0 Å². The van der Waals surface area contributed by atoms with E-state index in [4.69, 9.17) is 9.47 Å². The van der Waals surface area contributed by atoms with Crippen molar-refractivity contribution < 1.29 is 14.6 Å². The molecule has 1 aromatic carbocycles. The van der Waals surface area contributed by atoms with Crippen LogP contribution in [0.5, 0.6) is 5.75 Å². The second kappa shape index (κ2) is 6.37. The van der Waals surface area contributed by atoms with Gasteiger partial charge in [-0.1, -0.05) is 18.2 Å². The SMILES string of the molecule is CCOc1ccccc1C(C)NCC1(O)CCOC1. The fraction of sp³-hybridized carbons (Fsp3) is 0.600. The van der Waals surface area contributed by atoms with Gasteiger partial charge in [0, 0.05) is 31.2 Å². The second-order valence-corrected chi connectivity index (χ2v) is 5.10. The lowest BCUT2D eigenvalue weighted by molar-refractivity contribution is 0.0251. The summed E-state index contributed by atoms with van der Waals surface area (Å²) < 4.78 is 10.9. The van der Waals surface area contributed by atoms with Crippen LogP contribution in [0.15, 0.2) is 24.3 Å². The summed E-state index contributed by atoms with van der Waals surface area (Å²) in [6, 6.07) is 8.14. The van der Waals surface area contributed by atoms with Crippen molar-refractivity contribution >= 4 is 0 Å². The van der Waals surface area contributed by atoms with Gasteiger partial charge in [-0.3, -0.25) is 0 Å². The third-order valence-corrected chi connectivity index (χ3v) is 3.51. The van der Waals surface area contributed by atoms with Gasteiger partial charge in [0.15, 0.2) is 0 Å². The minimum atomic E-state index is -0.727. The number of benzene rings is 1.